The quantitative estimate of drug-likeness (QED) is 0.853. The summed E-state index contributed by atoms with van der Waals surface area (Å²) in [5.74, 6) is 0. The van der Waals surface area contributed by atoms with E-state index in [1.165, 1.54) is 21.2 Å². The minimum Gasteiger partial charge on any atom is -0.326 e. The lowest BCUT2D eigenvalue weighted by Crippen LogP contribution is -2.21. The van der Waals surface area contributed by atoms with Crippen LogP contribution in [0.2, 0.25) is 0 Å². The van der Waals surface area contributed by atoms with Crippen molar-refractivity contribution < 1.29 is 0 Å². The highest BCUT2D eigenvalue weighted by Gasteiger charge is 2.07. The minimum atomic E-state index is 0.514. The summed E-state index contributed by atoms with van der Waals surface area (Å²) in [6, 6.07) is 6.88. The van der Waals surface area contributed by atoms with Crippen LogP contribution < -0.4 is 11.1 Å². The number of hydrogen-bond donors (Lipinski definition) is 2. The monoisotopic (exact) mass is 234 g/mol. The van der Waals surface area contributed by atoms with Crippen molar-refractivity contribution in [1.29, 1.82) is 0 Å². The second-order valence-electron chi connectivity index (χ2n) is 4.29. The van der Waals surface area contributed by atoms with Crippen LogP contribution in [-0.2, 0) is 13.1 Å². The molecule has 16 heavy (non-hydrogen) atoms. The van der Waals surface area contributed by atoms with Crippen LogP contribution in [0.1, 0.15) is 25.0 Å². The summed E-state index contributed by atoms with van der Waals surface area (Å²) in [4.78, 5) is 0. The average Bonchev–Trinajstić information content (AvgIpc) is 2.69. The topological polar surface area (TPSA) is 38.0 Å². The Labute approximate surface area is 100 Å². The third-order valence-corrected chi connectivity index (χ3v) is 3.68. The summed E-state index contributed by atoms with van der Waals surface area (Å²) in [7, 11) is 0. The lowest BCUT2D eigenvalue weighted by molar-refractivity contribution is 0.591. The van der Waals surface area contributed by atoms with Gasteiger partial charge in [0, 0.05) is 29.2 Å². The Morgan fingerprint density at radius 2 is 2.12 bits per heavy atom. The van der Waals surface area contributed by atoms with Crippen LogP contribution in [0.5, 0.6) is 0 Å². The van der Waals surface area contributed by atoms with Crippen molar-refractivity contribution in [3.8, 4) is 0 Å². The van der Waals surface area contributed by atoms with Crippen LogP contribution in [-0.4, -0.2) is 6.04 Å². The Morgan fingerprint density at radius 1 is 1.31 bits per heavy atom. The Kier molecular flexibility index (Phi) is 3.59. The third kappa shape index (κ3) is 2.26. The van der Waals surface area contributed by atoms with Gasteiger partial charge in [-0.3, -0.25) is 0 Å². The first-order valence-corrected chi connectivity index (χ1v) is 6.51. The number of rotatable bonds is 4. The molecule has 0 radical (unpaired) electrons. The molecule has 3 heteroatoms. The van der Waals surface area contributed by atoms with E-state index in [9.17, 15) is 0 Å². The van der Waals surface area contributed by atoms with Crippen molar-refractivity contribution in [3.63, 3.8) is 0 Å². The van der Waals surface area contributed by atoms with E-state index in [2.05, 4.69) is 42.7 Å². The zero-order valence-electron chi connectivity index (χ0n) is 9.79. The summed E-state index contributed by atoms with van der Waals surface area (Å²) in [5.41, 5.74) is 8.40. The number of thiophene rings is 1. The molecule has 0 aliphatic heterocycles. The van der Waals surface area contributed by atoms with Crippen LogP contribution in [0.25, 0.3) is 10.1 Å². The highest BCUT2D eigenvalue weighted by Crippen LogP contribution is 2.28. The van der Waals surface area contributed by atoms with Crippen molar-refractivity contribution in [2.45, 2.75) is 33.0 Å². The predicted molar refractivity (Wildman–Crippen MR) is 71.7 cm³/mol. The Hall–Kier alpha value is -0.900. The van der Waals surface area contributed by atoms with E-state index < -0.39 is 0 Å². The summed E-state index contributed by atoms with van der Waals surface area (Å²) in [6.45, 7) is 5.87. The van der Waals surface area contributed by atoms with Gasteiger partial charge in [0.1, 0.15) is 0 Å². The molecule has 0 fully saturated rings. The summed E-state index contributed by atoms with van der Waals surface area (Å²) in [5, 5.41) is 7.04. The Morgan fingerprint density at radius 3 is 2.81 bits per heavy atom. The highest BCUT2D eigenvalue weighted by molar-refractivity contribution is 7.17. The van der Waals surface area contributed by atoms with Crippen molar-refractivity contribution in [2.24, 2.45) is 5.73 Å². The molecule has 2 rings (SSSR count). The van der Waals surface area contributed by atoms with Crippen LogP contribution in [0, 0.1) is 0 Å². The van der Waals surface area contributed by atoms with Crippen LogP contribution in [0.3, 0.4) is 0 Å². The molecular formula is C13H18N2S. The first-order chi connectivity index (χ1) is 7.72. The van der Waals surface area contributed by atoms with Gasteiger partial charge in [-0.15, -0.1) is 11.3 Å². The second kappa shape index (κ2) is 4.95. The molecule has 2 aromatic rings. The van der Waals surface area contributed by atoms with E-state index in [0.717, 1.165) is 6.54 Å². The maximum Gasteiger partial charge on any atom is 0.0349 e. The van der Waals surface area contributed by atoms with E-state index in [4.69, 9.17) is 5.73 Å². The first kappa shape index (κ1) is 11.6. The molecule has 3 N–H and O–H groups in total. The van der Waals surface area contributed by atoms with Gasteiger partial charge in [-0.1, -0.05) is 26.0 Å². The minimum absolute atomic E-state index is 0.514. The van der Waals surface area contributed by atoms with Gasteiger partial charge in [-0.2, -0.15) is 0 Å². The third-order valence-electron chi connectivity index (χ3n) is 2.68. The van der Waals surface area contributed by atoms with Crippen LogP contribution in [0.15, 0.2) is 23.6 Å². The molecule has 0 saturated carbocycles. The molecule has 1 aromatic carbocycles. The Bertz CT molecular complexity index is 474. The predicted octanol–water partition coefficient (Wildman–Crippen LogP) is 2.86. The molecule has 0 unspecified atom stereocenters. The molecule has 0 amide bonds. The summed E-state index contributed by atoms with van der Waals surface area (Å²) >= 11 is 1.80. The highest BCUT2D eigenvalue weighted by atomic mass is 32.1. The molecule has 0 aliphatic carbocycles. The molecule has 0 saturated heterocycles. The molecule has 1 heterocycles. The van der Waals surface area contributed by atoms with Gasteiger partial charge >= 0.3 is 0 Å². The van der Waals surface area contributed by atoms with Crippen LogP contribution in [0.4, 0.5) is 0 Å². The molecule has 2 nitrogen and oxygen atoms in total. The van der Waals surface area contributed by atoms with Crippen molar-refractivity contribution in [2.75, 3.05) is 0 Å². The molecule has 86 valence electrons. The lowest BCUT2D eigenvalue weighted by Gasteiger charge is -2.08. The fourth-order valence-corrected chi connectivity index (χ4v) is 2.85. The summed E-state index contributed by atoms with van der Waals surface area (Å²) < 4.78 is 1.34. The fourth-order valence-electron chi connectivity index (χ4n) is 1.85. The largest absolute Gasteiger partial charge is 0.326 e. The average molecular weight is 234 g/mol. The number of fused-ring (bicyclic) bond motifs is 1. The number of hydrogen-bond acceptors (Lipinski definition) is 3. The van der Waals surface area contributed by atoms with Gasteiger partial charge in [-0.05, 0) is 22.6 Å². The van der Waals surface area contributed by atoms with Crippen molar-refractivity contribution in [1.82, 2.24) is 5.32 Å². The maximum atomic E-state index is 5.78. The normalized spacial score (nSPS) is 11.5. The second-order valence-corrected chi connectivity index (χ2v) is 5.20. The summed E-state index contributed by atoms with van der Waals surface area (Å²) in [6.07, 6.45) is 0. The van der Waals surface area contributed by atoms with E-state index in [-0.39, 0.29) is 0 Å². The van der Waals surface area contributed by atoms with Gasteiger partial charge in [0.25, 0.3) is 0 Å². The smallest absolute Gasteiger partial charge is 0.0349 e. The fraction of sp³-hybridized carbons (Fsp3) is 0.385. The number of nitrogens with two attached hydrogens (primary N) is 1. The molecule has 1 aromatic heterocycles. The van der Waals surface area contributed by atoms with Crippen LogP contribution >= 0.6 is 11.3 Å². The Balaban J connectivity index is 2.38. The van der Waals surface area contributed by atoms with Crippen molar-refractivity contribution >= 4 is 21.4 Å². The van der Waals surface area contributed by atoms with Gasteiger partial charge in [-0.25, -0.2) is 0 Å². The maximum absolute atomic E-state index is 5.78. The first-order valence-electron chi connectivity index (χ1n) is 5.63. The standard InChI is InChI=1S/C13H18N2S/c1-9(2)15-7-11-8-16-12-5-3-4-10(6-14)13(11)12/h3-5,8-9,15H,6-7,14H2,1-2H3. The van der Waals surface area contributed by atoms with Gasteiger partial charge in [0.2, 0.25) is 0 Å². The zero-order chi connectivity index (χ0) is 11.5. The SMILES string of the molecule is CC(C)NCc1csc2cccc(CN)c12. The van der Waals surface area contributed by atoms with Gasteiger partial charge < -0.3 is 11.1 Å². The molecular weight excluding hydrogens is 216 g/mol. The molecule has 0 spiro atoms. The molecule has 0 aliphatic rings. The molecule has 0 bridgehead atoms. The van der Waals surface area contributed by atoms with E-state index >= 15 is 0 Å². The van der Waals surface area contributed by atoms with Crippen molar-refractivity contribution in [3.05, 3.63) is 34.7 Å². The number of nitrogens with one attached hydrogen (secondary N) is 1. The van der Waals surface area contributed by atoms with E-state index in [1.54, 1.807) is 11.3 Å². The van der Waals surface area contributed by atoms with E-state index in [1.807, 2.05) is 0 Å². The zero-order valence-corrected chi connectivity index (χ0v) is 10.6. The van der Waals surface area contributed by atoms with Gasteiger partial charge in [0.05, 0.1) is 0 Å². The number of benzene rings is 1. The molecule has 0 atom stereocenters. The van der Waals surface area contributed by atoms with Gasteiger partial charge in [0.15, 0.2) is 0 Å². The van der Waals surface area contributed by atoms with E-state index in [0.29, 0.717) is 12.6 Å². The lowest BCUT2D eigenvalue weighted by atomic mass is 10.1.